The number of aromatic nitrogens is 1. The summed E-state index contributed by atoms with van der Waals surface area (Å²) in [5, 5.41) is 1.96. The van der Waals surface area contributed by atoms with Gasteiger partial charge in [0.05, 0.1) is 6.61 Å². The minimum absolute atomic E-state index is 0.601. The number of aldehydes is 2. The molecular weight excluding hydrogens is 266 g/mol. The molecule has 2 aromatic carbocycles. The Hall–Kier alpha value is -2.46. The number of nitrogens with zero attached hydrogens (tertiary/aromatic N) is 1. The summed E-state index contributed by atoms with van der Waals surface area (Å²) in [6, 6.07) is 11.2. The van der Waals surface area contributed by atoms with Crippen molar-refractivity contribution in [2.75, 3.05) is 13.7 Å². The maximum absolute atomic E-state index is 11.0. The highest BCUT2D eigenvalue weighted by atomic mass is 16.5. The van der Waals surface area contributed by atoms with E-state index in [9.17, 15) is 9.59 Å². The first-order valence-electron chi connectivity index (χ1n) is 6.74. The molecule has 1 aromatic heterocycles. The fourth-order valence-corrected chi connectivity index (χ4v) is 2.71. The van der Waals surface area contributed by atoms with E-state index < -0.39 is 0 Å². The van der Waals surface area contributed by atoms with Crippen LogP contribution >= 0.6 is 0 Å². The molecule has 0 spiro atoms. The smallest absolute Gasteiger partial charge is 0.150 e. The molecule has 0 amide bonds. The first-order valence-corrected chi connectivity index (χ1v) is 6.74. The van der Waals surface area contributed by atoms with E-state index in [2.05, 4.69) is 4.57 Å². The van der Waals surface area contributed by atoms with Gasteiger partial charge in [0, 0.05) is 46.6 Å². The Morgan fingerprint density at radius 1 is 0.952 bits per heavy atom. The minimum Gasteiger partial charge on any atom is -0.383 e. The van der Waals surface area contributed by atoms with E-state index in [4.69, 9.17) is 4.74 Å². The number of carbonyl (C=O) groups excluding carboxylic acids is 2. The zero-order chi connectivity index (χ0) is 14.8. The van der Waals surface area contributed by atoms with Gasteiger partial charge in [-0.05, 0) is 36.4 Å². The Balaban J connectivity index is 2.36. The van der Waals surface area contributed by atoms with Gasteiger partial charge in [0.15, 0.2) is 0 Å². The van der Waals surface area contributed by atoms with Gasteiger partial charge in [-0.3, -0.25) is 9.59 Å². The van der Waals surface area contributed by atoms with Crippen molar-refractivity contribution >= 4 is 34.4 Å². The third kappa shape index (κ3) is 2.23. The van der Waals surface area contributed by atoms with Gasteiger partial charge in [-0.15, -0.1) is 0 Å². The van der Waals surface area contributed by atoms with Gasteiger partial charge in [-0.25, -0.2) is 0 Å². The van der Waals surface area contributed by atoms with E-state index >= 15 is 0 Å². The SMILES string of the molecule is COCCn1c2ccc(C=O)cc2c2cc(C=O)ccc21. The van der Waals surface area contributed by atoms with Crippen molar-refractivity contribution in [1.82, 2.24) is 4.57 Å². The zero-order valence-corrected chi connectivity index (χ0v) is 11.7. The highest BCUT2D eigenvalue weighted by molar-refractivity contribution is 6.10. The monoisotopic (exact) mass is 281 g/mol. The van der Waals surface area contributed by atoms with Gasteiger partial charge >= 0.3 is 0 Å². The predicted octanol–water partition coefficient (Wildman–Crippen LogP) is 3.07. The van der Waals surface area contributed by atoms with Crippen molar-refractivity contribution in [3.63, 3.8) is 0 Å². The van der Waals surface area contributed by atoms with Crippen molar-refractivity contribution < 1.29 is 14.3 Å². The van der Waals surface area contributed by atoms with Crippen LogP contribution in [0, 0.1) is 0 Å². The minimum atomic E-state index is 0.601. The number of fused-ring (bicyclic) bond motifs is 3. The lowest BCUT2D eigenvalue weighted by Gasteiger charge is -2.06. The van der Waals surface area contributed by atoms with E-state index in [0.717, 1.165) is 40.9 Å². The fraction of sp³-hybridized carbons (Fsp3) is 0.176. The number of ether oxygens (including phenoxy) is 1. The van der Waals surface area contributed by atoms with Crippen molar-refractivity contribution in [3.05, 3.63) is 47.5 Å². The summed E-state index contributed by atoms with van der Waals surface area (Å²) < 4.78 is 7.32. The molecule has 0 unspecified atom stereocenters. The number of methoxy groups -OCH3 is 1. The van der Waals surface area contributed by atoms with Crippen molar-refractivity contribution in [1.29, 1.82) is 0 Å². The Morgan fingerprint density at radius 3 is 1.90 bits per heavy atom. The van der Waals surface area contributed by atoms with E-state index in [1.807, 2.05) is 24.3 Å². The lowest BCUT2D eigenvalue weighted by molar-refractivity contribution is 0.111. The predicted molar refractivity (Wildman–Crippen MR) is 82.1 cm³/mol. The second kappa shape index (κ2) is 5.50. The molecule has 0 N–H and O–H groups in total. The maximum Gasteiger partial charge on any atom is 0.150 e. The van der Waals surface area contributed by atoms with Gasteiger partial charge in [0.2, 0.25) is 0 Å². The lowest BCUT2D eigenvalue weighted by atomic mass is 10.1. The van der Waals surface area contributed by atoms with Crippen LogP contribution in [0.4, 0.5) is 0 Å². The molecule has 21 heavy (non-hydrogen) atoms. The molecule has 0 radical (unpaired) electrons. The molecule has 0 bridgehead atoms. The molecule has 0 aliphatic rings. The summed E-state index contributed by atoms with van der Waals surface area (Å²) in [6.07, 6.45) is 1.67. The van der Waals surface area contributed by atoms with Crippen molar-refractivity contribution in [3.8, 4) is 0 Å². The van der Waals surface area contributed by atoms with E-state index in [0.29, 0.717) is 17.7 Å². The number of carbonyl (C=O) groups is 2. The van der Waals surface area contributed by atoms with Crippen molar-refractivity contribution in [2.45, 2.75) is 6.54 Å². The fourth-order valence-electron chi connectivity index (χ4n) is 2.71. The number of rotatable bonds is 5. The zero-order valence-electron chi connectivity index (χ0n) is 11.7. The number of hydrogen-bond acceptors (Lipinski definition) is 3. The molecule has 0 saturated heterocycles. The van der Waals surface area contributed by atoms with Gasteiger partial charge in [0.1, 0.15) is 12.6 Å². The van der Waals surface area contributed by atoms with Gasteiger partial charge < -0.3 is 9.30 Å². The molecular formula is C17H15NO3. The Bertz CT molecular complexity index is 768. The van der Waals surface area contributed by atoms with Crippen LogP contribution in [-0.4, -0.2) is 30.9 Å². The second-order valence-corrected chi connectivity index (χ2v) is 4.93. The highest BCUT2D eigenvalue weighted by Gasteiger charge is 2.11. The summed E-state index contributed by atoms with van der Waals surface area (Å²) in [5.41, 5.74) is 3.33. The van der Waals surface area contributed by atoms with Crippen LogP contribution in [0.3, 0.4) is 0 Å². The summed E-state index contributed by atoms with van der Waals surface area (Å²) in [5.74, 6) is 0. The van der Waals surface area contributed by atoms with E-state index in [1.165, 1.54) is 0 Å². The molecule has 4 heteroatoms. The molecule has 0 atom stereocenters. The molecule has 0 fully saturated rings. The van der Waals surface area contributed by atoms with Gasteiger partial charge in [0.25, 0.3) is 0 Å². The topological polar surface area (TPSA) is 48.3 Å². The van der Waals surface area contributed by atoms with Crippen LogP contribution in [-0.2, 0) is 11.3 Å². The Labute approximate surface area is 121 Å². The van der Waals surface area contributed by atoms with Crippen LogP contribution in [0.2, 0.25) is 0 Å². The first-order chi connectivity index (χ1) is 10.3. The molecule has 106 valence electrons. The van der Waals surface area contributed by atoms with Crippen molar-refractivity contribution in [2.24, 2.45) is 0 Å². The van der Waals surface area contributed by atoms with Gasteiger partial charge in [-0.1, -0.05) is 0 Å². The average Bonchev–Trinajstić information content (AvgIpc) is 2.85. The van der Waals surface area contributed by atoms with Crippen LogP contribution in [0.15, 0.2) is 36.4 Å². The quantitative estimate of drug-likeness (QED) is 0.675. The summed E-state index contributed by atoms with van der Waals surface area (Å²) in [6.45, 7) is 1.32. The molecule has 0 saturated carbocycles. The molecule has 0 aliphatic heterocycles. The highest BCUT2D eigenvalue weighted by Crippen LogP contribution is 2.30. The van der Waals surface area contributed by atoms with Crippen LogP contribution in [0.1, 0.15) is 20.7 Å². The molecule has 4 nitrogen and oxygen atoms in total. The Kier molecular flexibility index (Phi) is 3.54. The largest absolute Gasteiger partial charge is 0.383 e. The standard InChI is InChI=1S/C17H15NO3/c1-21-7-6-18-16-4-2-12(10-19)8-14(16)15-9-13(11-20)3-5-17(15)18/h2-5,8-11H,6-7H2,1H3. The molecule has 1 heterocycles. The lowest BCUT2D eigenvalue weighted by Crippen LogP contribution is -2.03. The van der Waals surface area contributed by atoms with Crippen LogP contribution < -0.4 is 0 Å². The maximum atomic E-state index is 11.0. The first kappa shape index (κ1) is 13.5. The molecule has 3 rings (SSSR count). The third-order valence-corrected chi connectivity index (χ3v) is 3.70. The number of hydrogen-bond donors (Lipinski definition) is 0. The second-order valence-electron chi connectivity index (χ2n) is 4.93. The summed E-state index contributed by atoms with van der Waals surface area (Å²) in [4.78, 5) is 22.0. The summed E-state index contributed by atoms with van der Waals surface area (Å²) in [7, 11) is 1.67. The number of benzene rings is 2. The normalized spacial score (nSPS) is 11.1. The van der Waals surface area contributed by atoms with Crippen LogP contribution in [0.25, 0.3) is 21.8 Å². The van der Waals surface area contributed by atoms with E-state index in [1.54, 1.807) is 19.2 Å². The van der Waals surface area contributed by atoms with Crippen LogP contribution in [0.5, 0.6) is 0 Å². The van der Waals surface area contributed by atoms with E-state index in [-0.39, 0.29) is 0 Å². The summed E-state index contributed by atoms with van der Waals surface area (Å²) >= 11 is 0. The van der Waals surface area contributed by atoms with Gasteiger partial charge in [-0.2, -0.15) is 0 Å². The average molecular weight is 281 g/mol. The Morgan fingerprint density at radius 2 is 1.48 bits per heavy atom. The molecule has 0 aliphatic carbocycles. The molecule has 3 aromatic rings. The third-order valence-electron chi connectivity index (χ3n) is 3.70.